The number of carbonyl (C=O) groups is 2. The van der Waals surface area contributed by atoms with Gasteiger partial charge in [0.1, 0.15) is 11.6 Å². The molecule has 156 valence electrons. The molecule has 0 aromatic carbocycles. The van der Waals surface area contributed by atoms with Gasteiger partial charge in [0.25, 0.3) is 0 Å². The highest BCUT2D eigenvalue weighted by Crippen LogP contribution is 2.29. The molecule has 4 heterocycles. The number of ketones is 1. The van der Waals surface area contributed by atoms with E-state index in [9.17, 15) is 9.59 Å². The zero-order chi connectivity index (χ0) is 20.4. The Labute approximate surface area is 176 Å². The lowest BCUT2D eigenvalue weighted by molar-refractivity contribution is -0.132. The van der Waals surface area contributed by atoms with Gasteiger partial charge in [0.15, 0.2) is 5.78 Å². The summed E-state index contributed by atoms with van der Waals surface area (Å²) in [6, 6.07) is 1.95. The maximum Gasteiger partial charge on any atom is 0.223 e. The van der Waals surface area contributed by atoms with E-state index in [1.54, 1.807) is 11.3 Å². The van der Waals surface area contributed by atoms with E-state index < -0.39 is 0 Å². The molecule has 1 unspecified atom stereocenters. The fraction of sp³-hybridized carbons (Fsp3) is 0.636. The van der Waals surface area contributed by atoms with Crippen LogP contribution in [0, 0.1) is 13.8 Å². The Balaban J connectivity index is 1.37. The number of carbonyl (C=O) groups excluding carboxylic acids is 2. The Morgan fingerprint density at radius 3 is 2.76 bits per heavy atom. The van der Waals surface area contributed by atoms with E-state index in [0.717, 1.165) is 59.3 Å². The van der Waals surface area contributed by atoms with Crippen LogP contribution in [-0.4, -0.2) is 44.4 Å². The van der Waals surface area contributed by atoms with Crippen molar-refractivity contribution in [3.8, 4) is 0 Å². The van der Waals surface area contributed by atoms with E-state index in [2.05, 4.69) is 14.8 Å². The molecule has 6 nitrogen and oxygen atoms in total. The van der Waals surface area contributed by atoms with Crippen LogP contribution in [0.3, 0.4) is 0 Å². The maximum atomic E-state index is 12.8. The minimum Gasteiger partial charge on any atom is -0.342 e. The highest BCUT2D eigenvalue weighted by Gasteiger charge is 2.29. The van der Waals surface area contributed by atoms with Crippen molar-refractivity contribution >= 4 is 23.0 Å². The number of aromatic nitrogens is 3. The molecule has 2 aromatic rings. The first kappa shape index (κ1) is 20.3. The highest BCUT2D eigenvalue weighted by molar-refractivity contribution is 7.12. The van der Waals surface area contributed by atoms with E-state index in [4.69, 9.17) is 0 Å². The molecule has 0 aliphatic carbocycles. The number of amides is 1. The second kappa shape index (κ2) is 8.78. The Hall–Kier alpha value is -2.02. The molecule has 1 fully saturated rings. The fourth-order valence-corrected chi connectivity index (χ4v) is 5.59. The number of piperidine rings is 1. The van der Waals surface area contributed by atoms with Crippen molar-refractivity contribution in [1.29, 1.82) is 0 Å². The van der Waals surface area contributed by atoms with Gasteiger partial charge in [0, 0.05) is 60.1 Å². The van der Waals surface area contributed by atoms with Gasteiger partial charge in [0.2, 0.25) is 5.91 Å². The predicted octanol–water partition coefficient (Wildman–Crippen LogP) is 4.05. The Kier molecular flexibility index (Phi) is 6.13. The summed E-state index contributed by atoms with van der Waals surface area (Å²) in [5, 5.41) is 8.94. The number of fused-ring (bicyclic) bond motifs is 1. The summed E-state index contributed by atoms with van der Waals surface area (Å²) in [5.74, 6) is 2.58. The van der Waals surface area contributed by atoms with Crippen LogP contribution < -0.4 is 0 Å². The number of likely N-dealkylation sites (tertiary alicyclic amines) is 1. The van der Waals surface area contributed by atoms with Crippen molar-refractivity contribution in [2.45, 2.75) is 77.7 Å². The largest absolute Gasteiger partial charge is 0.342 e. The quantitative estimate of drug-likeness (QED) is 0.692. The van der Waals surface area contributed by atoms with Crippen molar-refractivity contribution in [3.63, 3.8) is 0 Å². The Morgan fingerprint density at radius 1 is 1.10 bits per heavy atom. The summed E-state index contributed by atoms with van der Waals surface area (Å²) in [7, 11) is 0. The molecular weight excluding hydrogens is 384 g/mol. The average Bonchev–Trinajstić information content (AvgIpc) is 3.19. The molecular formula is C22H30N4O2S. The van der Waals surface area contributed by atoms with Gasteiger partial charge in [-0.2, -0.15) is 0 Å². The first-order valence-electron chi connectivity index (χ1n) is 10.8. The van der Waals surface area contributed by atoms with Crippen LogP contribution in [0.25, 0.3) is 0 Å². The second-order valence-corrected chi connectivity index (χ2v) is 9.83. The zero-order valence-corrected chi connectivity index (χ0v) is 18.3. The topological polar surface area (TPSA) is 68.1 Å². The number of hydrogen-bond donors (Lipinski definition) is 0. The molecule has 7 heteroatoms. The van der Waals surface area contributed by atoms with Crippen molar-refractivity contribution in [2.24, 2.45) is 0 Å². The van der Waals surface area contributed by atoms with E-state index in [-0.39, 0.29) is 30.4 Å². The van der Waals surface area contributed by atoms with E-state index in [1.807, 2.05) is 24.8 Å². The van der Waals surface area contributed by atoms with Crippen LogP contribution >= 0.6 is 11.3 Å². The van der Waals surface area contributed by atoms with Gasteiger partial charge in [-0.25, -0.2) is 0 Å². The zero-order valence-electron chi connectivity index (χ0n) is 17.4. The third-order valence-corrected chi connectivity index (χ3v) is 7.15. The van der Waals surface area contributed by atoms with Crippen LogP contribution in [0.2, 0.25) is 0 Å². The van der Waals surface area contributed by atoms with Gasteiger partial charge in [-0.15, -0.1) is 21.5 Å². The second-order valence-electron chi connectivity index (χ2n) is 8.37. The van der Waals surface area contributed by atoms with Crippen LogP contribution in [0.1, 0.15) is 82.6 Å². The minimum absolute atomic E-state index is 0.0801. The first-order valence-corrected chi connectivity index (χ1v) is 11.6. The van der Waals surface area contributed by atoms with Crippen molar-refractivity contribution in [1.82, 2.24) is 19.7 Å². The predicted molar refractivity (Wildman–Crippen MR) is 113 cm³/mol. The van der Waals surface area contributed by atoms with Gasteiger partial charge in [-0.1, -0.05) is 6.42 Å². The van der Waals surface area contributed by atoms with Gasteiger partial charge in [-0.3, -0.25) is 9.59 Å². The normalized spacial score (nSPS) is 19.7. The summed E-state index contributed by atoms with van der Waals surface area (Å²) < 4.78 is 2.30. The van der Waals surface area contributed by atoms with Crippen molar-refractivity contribution < 1.29 is 9.59 Å². The smallest absolute Gasteiger partial charge is 0.223 e. The van der Waals surface area contributed by atoms with Crippen LogP contribution in [-0.2, 0) is 17.8 Å². The molecule has 0 N–H and O–H groups in total. The van der Waals surface area contributed by atoms with Crippen molar-refractivity contribution in [2.75, 3.05) is 13.1 Å². The van der Waals surface area contributed by atoms with Crippen LogP contribution in [0.5, 0.6) is 0 Å². The monoisotopic (exact) mass is 414 g/mol. The lowest BCUT2D eigenvalue weighted by Gasteiger charge is -2.32. The van der Waals surface area contributed by atoms with Crippen molar-refractivity contribution in [3.05, 3.63) is 33.0 Å². The standard InChI is InChI=1S/C22H30N4O2S/c1-15-13-18(16(2)29-15)19(27)9-10-21(28)25-11-6-7-17(14-25)22-24-23-20-8-4-3-5-12-26(20)22/h13,17H,3-12,14H2,1-2H3. The fourth-order valence-electron chi connectivity index (χ4n) is 4.64. The lowest BCUT2D eigenvalue weighted by Crippen LogP contribution is -2.40. The van der Waals surface area contributed by atoms with Gasteiger partial charge in [0.05, 0.1) is 0 Å². The molecule has 2 aliphatic heterocycles. The number of aryl methyl sites for hydroxylation is 3. The van der Waals surface area contributed by atoms with Gasteiger partial charge < -0.3 is 9.47 Å². The number of thiophene rings is 1. The highest BCUT2D eigenvalue weighted by atomic mass is 32.1. The summed E-state index contributed by atoms with van der Waals surface area (Å²) in [5.41, 5.74) is 0.781. The maximum absolute atomic E-state index is 12.8. The molecule has 29 heavy (non-hydrogen) atoms. The molecule has 0 radical (unpaired) electrons. The molecule has 1 atom stereocenters. The molecule has 1 amide bonds. The molecule has 0 bridgehead atoms. The molecule has 2 aliphatic rings. The van der Waals surface area contributed by atoms with Gasteiger partial charge in [-0.05, 0) is 45.6 Å². The number of Topliss-reactive ketones (excluding diaryl/α,β-unsaturated/α-hetero) is 1. The number of hydrogen-bond acceptors (Lipinski definition) is 5. The van der Waals surface area contributed by atoms with Crippen LogP contribution in [0.15, 0.2) is 6.07 Å². The summed E-state index contributed by atoms with van der Waals surface area (Å²) in [4.78, 5) is 29.5. The molecule has 1 saturated heterocycles. The molecule has 4 rings (SSSR count). The van der Waals surface area contributed by atoms with E-state index >= 15 is 0 Å². The number of nitrogens with zero attached hydrogens (tertiary/aromatic N) is 4. The summed E-state index contributed by atoms with van der Waals surface area (Å²) >= 11 is 1.64. The molecule has 0 saturated carbocycles. The minimum atomic E-state index is 0.0801. The SMILES string of the molecule is Cc1cc(C(=O)CCC(=O)N2CCCC(c3nnc4n3CCCCC4)C2)c(C)s1. The third kappa shape index (κ3) is 4.44. The third-order valence-electron chi connectivity index (χ3n) is 6.18. The summed E-state index contributed by atoms with van der Waals surface area (Å²) in [6.45, 7) is 6.46. The summed E-state index contributed by atoms with van der Waals surface area (Å²) in [6.07, 6.45) is 7.22. The number of rotatable bonds is 5. The molecule has 0 spiro atoms. The van der Waals surface area contributed by atoms with E-state index in [1.165, 1.54) is 19.3 Å². The first-order chi connectivity index (χ1) is 14.0. The van der Waals surface area contributed by atoms with E-state index in [0.29, 0.717) is 6.54 Å². The average molecular weight is 415 g/mol. The van der Waals surface area contributed by atoms with Crippen LogP contribution in [0.4, 0.5) is 0 Å². The molecule has 2 aromatic heterocycles. The Morgan fingerprint density at radius 2 is 1.97 bits per heavy atom. The van der Waals surface area contributed by atoms with Gasteiger partial charge >= 0.3 is 0 Å². The lowest BCUT2D eigenvalue weighted by atomic mass is 9.96. The Bertz CT molecular complexity index is 901.